The van der Waals surface area contributed by atoms with Crippen LogP contribution in [0.2, 0.25) is 0 Å². The number of hydrogen-bond acceptors (Lipinski definition) is 8. The van der Waals surface area contributed by atoms with Gasteiger partial charge in [-0.15, -0.1) is 0 Å². The summed E-state index contributed by atoms with van der Waals surface area (Å²) in [6.45, 7) is 6.63. The van der Waals surface area contributed by atoms with Gasteiger partial charge in [-0.25, -0.2) is 4.79 Å². The molecular weight excluding hydrogens is 562 g/mol. The van der Waals surface area contributed by atoms with E-state index in [1.807, 2.05) is 12.1 Å². The molecule has 0 unspecified atom stereocenters. The maximum atomic E-state index is 14.8. The second-order valence-corrected chi connectivity index (χ2v) is 13.7. The molecule has 234 valence electrons. The van der Waals surface area contributed by atoms with E-state index in [1.165, 1.54) is 29.8 Å². The number of methoxy groups -OCH3 is 3. The van der Waals surface area contributed by atoms with Gasteiger partial charge < -0.3 is 18.9 Å². The molecule has 6 atom stereocenters. The molecule has 0 aliphatic heterocycles. The molecule has 0 radical (unpaired) electrons. The van der Waals surface area contributed by atoms with E-state index >= 15 is 0 Å². The maximum absolute atomic E-state index is 14.8. The van der Waals surface area contributed by atoms with E-state index in [4.69, 9.17) is 18.9 Å². The summed E-state index contributed by atoms with van der Waals surface area (Å²) in [5, 5.41) is 11.1. The van der Waals surface area contributed by atoms with Gasteiger partial charge in [0.1, 0.15) is 11.9 Å². The maximum Gasteiger partial charge on any atom is 0.338 e. The number of nitrogens with zero attached hydrogens (tertiary/aromatic N) is 1. The standard InChI is InChI=1S/C35H41NO8/c1-32(2)27-15-18-34-26(21-9-13-25(41-4)14-10-21)19-23(35(42-5,43-6)31(34)38)20-28(34)33(27,3)17-16-29(32)44-30(37)22-7-11-24(12-8-22)36(39)40/h7-14,20,23,26-27,29H,15-19H2,1-6H3/t23-,26+,27-,29-,33-,34+/m0/s1. The Morgan fingerprint density at radius 2 is 1.59 bits per heavy atom. The number of non-ortho nitro benzene ring substituents is 1. The number of Topliss-reactive ketones (excluding diaryl/α,β-unsaturated/α-hetero) is 1. The predicted molar refractivity (Wildman–Crippen MR) is 162 cm³/mol. The normalized spacial score (nSPS) is 33.0. The van der Waals surface area contributed by atoms with Crippen molar-refractivity contribution in [2.24, 2.45) is 28.1 Å². The molecule has 0 amide bonds. The van der Waals surface area contributed by atoms with E-state index in [1.54, 1.807) is 21.3 Å². The number of carbonyl (C=O) groups is 2. The number of nitro groups is 1. The summed E-state index contributed by atoms with van der Waals surface area (Å²) in [6.07, 6.45) is 5.50. The van der Waals surface area contributed by atoms with Gasteiger partial charge in [0.05, 0.1) is 23.0 Å². The third kappa shape index (κ3) is 4.11. The fourth-order valence-corrected chi connectivity index (χ4v) is 9.57. The Bertz CT molecular complexity index is 1510. The highest BCUT2D eigenvalue weighted by Gasteiger charge is 2.72. The summed E-state index contributed by atoms with van der Waals surface area (Å²) >= 11 is 0. The van der Waals surface area contributed by atoms with Gasteiger partial charge >= 0.3 is 5.97 Å². The molecule has 7 rings (SSSR count). The first-order valence-electron chi connectivity index (χ1n) is 15.4. The van der Waals surface area contributed by atoms with Crippen LogP contribution in [0.5, 0.6) is 5.75 Å². The minimum atomic E-state index is -1.32. The van der Waals surface area contributed by atoms with Gasteiger partial charge in [-0.2, -0.15) is 0 Å². The van der Waals surface area contributed by atoms with E-state index in [9.17, 15) is 19.7 Å². The van der Waals surface area contributed by atoms with E-state index < -0.39 is 22.1 Å². The highest BCUT2D eigenvalue weighted by atomic mass is 16.7. The average Bonchev–Trinajstić information content (AvgIpc) is 3.02. The number of esters is 1. The van der Waals surface area contributed by atoms with Crippen LogP contribution in [-0.2, 0) is 19.0 Å². The van der Waals surface area contributed by atoms with Gasteiger partial charge in [0.15, 0.2) is 0 Å². The molecule has 5 aliphatic carbocycles. The van der Waals surface area contributed by atoms with Gasteiger partial charge in [0, 0.05) is 43.6 Å². The molecule has 3 saturated carbocycles. The van der Waals surface area contributed by atoms with Crippen molar-refractivity contribution in [3.8, 4) is 5.75 Å². The lowest BCUT2D eigenvalue weighted by atomic mass is 9.37. The lowest BCUT2D eigenvalue weighted by molar-refractivity contribution is -0.384. The van der Waals surface area contributed by atoms with Crippen molar-refractivity contribution in [3.63, 3.8) is 0 Å². The zero-order valence-electron chi connectivity index (χ0n) is 26.3. The van der Waals surface area contributed by atoms with Gasteiger partial charge in [-0.05, 0) is 73.3 Å². The minimum absolute atomic E-state index is 0.00812. The van der Waals surface area contributed by atoms with Crippen molar-refractivity contribution >= 4 is 17.4 Å². The highest BCUT2D eigenvalue weighted by molar-refractivity contribution is 5.98. The predicted octanol–water partition coefficient (Wildman–Crippen LogP) is 6.65. The third-order valence-electron chi connectivity index (χ3n) is 11.7. The van der Waals surface area contributed by atoms with Crippen molar-refractivity contribution in [3.05, 3.63) is 81.4 Å². The van der Waals surface area contributed by atoms with Crippen LogP contribution in [0.4, 0.5) is 5.69 Å². The van der Waals surface area contributed by atoms with Crippen LogP contribution in [0, 0.1) is 38.2 Å². The van der Waals surface area contributed by atoms with Gasteiger partial charge in [0.25, 0.3) is 5.69 Å². The van der Waals surface area contributed by atoms with E-state index in [0.717, 1.165) is 30.6 Å². The monoisotopic (exact) mass is 603 g/mol. The fourth-order valence-electron chi connectivity index (χ4n) is 9.57. The molecule has 2 aromatic rings. The molecule has 3 fully saturated rings. The Balaban J connectivity index is 1.35. The lowest BCUT2D eigenvalue weighted by Crippen LogP contribution is -2.69. The zero-order chi connectivity index (χ0) is 31.7. The number of carbonyl (C=O) groups excluding carboxylic acids is 2. The van der Waals surface area contributed by atoms with Crippen molar-refractivity contribution in [1.29, 1.82) is 0 Å². The number of rotatable bonds is 7. The second-order valence-electron chi connectivity index (χ2n) is 13.7. The average molecular weight is 604 g/mol. The van der Waals surface area contributed by atoms with Crippen molar-refractivity contribution < 1.29 is 33.5 Å². The smallest absolute Gasteiger partial charge is 0.338 e. The number of fused-ring (bicyclic) bond motifs is 3. The molecular formula is C35H41NO8. The lowest BCUT2D eigenvalue weighted by Gasteiger charge is -2.67. The van der Waals surface area contributed by atoms with Crippen LogP contribution in [0.15, 0.2) is 60.2 Å². The van der Waals surface area contributed by atoms with Gasteiger partial charge in [-0.1, -0.05) is 44.6 Å². The van der Waals surface area contributed by atoms with Crippen molar-refractivity contribution in [2.45, 2.75) is 70.7 Å². The first kappa shape index (κ1) is 30.5. The van der Waals surface area contributed by atoms with Crippen molar-refractivity contribution in [2.75, 3.05) is 21.3 Å². The molecule has 0 aromatic heterocycles. The number of nitro benzene ring substituents is 1. The Morgan fingerprint density at radius 3 is 2.18 bits per heavy atom. The quantitative estimate of drug-likeness (QED) is 0.114. The molecule has 2 bridgehead atoms. The van der Waals surface area contributed by atoms with Crippen LogP contribution >= 0.6 is 0 Å². The van der Waals surface area contributed by atoms with E-state index in [0.29, 0.717) is 12.8 Å². The highest BCUT2D eigenvalue weighted by Crippen LogP contribution is 2.73. The second kappa shape index (κ2) is 10.5. The van der Waals surface area contributed by atoms with E-state index in [-0.39, 0.29) is 51.7 Å². The summed E-state index contributed by atoms with van der Waals surface area (Å²) in [5.41, 5.74) is 1.04. The third-order valence-corrected chi connectivity index (χ3v) is 11.7. The SMILES string of the molecule is COc1ccc([C@H]2C[C@H]3C=C4[C@]2(CC[C@H]2C(C)(C)[C@@H](OC(=O)c5ccc([N+](=O)[O-])cc5)CC[C@]42C)C(=O)C3(OC)OC)cc1. The molecule has 0 N–H and O–H groups in total. The number of ether oxygens (including phenoxy) is 4. The van der Waals surface area contributed by atoms with Crippen LogP contribution in [0.25, 0.3) is 0 Å². The zero-order valence-corrected chi connectivity index (χ0v) is 26.3. The van der Waals surface area contributed by atoms with E-state index in [2.05, 4.69) is 39.0 Å². The van der Waals surface area contributed by atoms with Crippen LogP contribution < -0.4 is 4.74 Å². The molecule has 9 nitrogen and oxygen atoms in total. The van der Waals surface area contributed by atoms with Gasteiger partial charge in [0.2, 0.25) is 11.6 Å². The molecule has 1 spiro atoms. The van der Waals surface area contributed by atoms with Crippen LogP contribution in [-0.4, -0.2) is 49.9 Å². The summed E-state index contributed by atoms with van der Waals surface area (Å²) in [4.78, 5) is 38.6. The van der Waals surface area contributed by atoms with Crippen LogP contribution in [0.1, 0.15) is 74.7 Å². The topological polar surface area (TPSA) is 114 Å². The summed E-state index contributed by atoms with van der Waals surface area (Å²) < 4.78 is 23.4. The number of ketones is 1. The Hall–Kier alpha value is -3.56. The first-order valence-corrected chi connectivity index (χ1v) is 15.4. The summed E-state index contributed by atoms with van der Waals surface area (Å²) in [6, 6.07) is 13.6. The molecule has 5 aliphatic rings. The number of benzene rings is 2. The molecule has 44 heavy (non-hydrogen) atoms. The number of allylic oxidation sites excluding steroid dienone is 1. The fraction of sp³-hybridized carbons (Fsp3) is 0.543. The largest absolute Gasteiger partial charge is 0.497 e. The Kier molecular flexibility index (Phi) is 7.28. The first-order chi connectivity index (χ1) is 20.9. The van der Waals surface area contributed by atoms with Gasteiger partial charge in [-0.3, -0.25) is 14.9 Å². The molecule has 0 heterocycles. The minimum Gasteiger partial charge on any atom is -0.497 e. The van der Waals surface area contributed by atoms with Crippen LogP contribution in [0.3, 0.4) is 0 Å². The Morgan fingerprint density at radius 1 is 0.932 bits per heavy atom. The van der Waals surface area contributed by atoms with Crippen molar-refractivity contribution in [1.82, 2.24) is 0 Å². The summed E-state index contributed by atoms with van der Waals surface area (Å²) in [5.74, 6) is -1.13. The summed E-state index contributed by atoms with van der Waals surface area (Å²) in [7, 11) is 4.78. The number of hydrogen-bond donors (Lipinski definition) is 0. The molecule has 9 heteroatoms. The molecule has 0 saturated heterocycles. The Labute approximate surface area is 258 Å². The molecule has 2 aromatic carbocycles.